The molecule has 0 saturated heterocycles. The summed E-state index contributed by atoms with van der Waals surface area (Å²) in [5.41, 5.74) is 6.43. The predicted octanol–water partition coefficient (Wildman–Crippen LogP) is 3.19. The van der Waals surface area contributed by atoms with Gasteiger partial charge in [0.15, 0.2) is 0 Å². The van der Waals surface area contributed by atoms with Crippen LogP contribution in [0, 0.1) is 0 Å². The molecule has 4 aliphatic rings. The second-order valence-electron chi connectivity index (χ2n) is 7.14. The van der Waals surface area contributed by atoms with Crippen LogP contribution in [0.15, 0.2) is 98.9 Å². The van der Waals surface area contributed by atoms with E-state index >= 15 is 0 Å². The third kappa shape index (κ3) is 3.34. The fraction of sp³-hybridized carbons (Fsp3) is 0.0417. The third-order valence-electron chi connectivity index (χ3n) is 4.76. The monoisotopic (exact) mass is 378 g/mol. The van der Waals surface area contributed by atoms with Crippen molar-refractivity contribution < 1.29 is 5.11 Å². The molecule has 0 unspecified atom stereocenters. The van der Waals surface area contributed by atoms with E-state index in [1.54, 1.807) is 6.92 Å². The van der Waals surface area contributed by atoms with Crippen molar-refractivity contribution in [2.45, 2.75) is 6.92 Å². The van der Waals surface area contributed by atoms with E-state index in [1.807, 2.05) is 66.8 Å². The lowest BCUT2D eigenvalue weighted by Gasteiger charge is -1.95. The first kappa shape index (κ1) is 17.1. The smallest absolute Gasteiger partial charge is 0.127 e. The summed E-state index contributed by atoms with van der Waals surface area (Å²) in [5, 5.41) is 12.0. The summed E-state index contributed by atoms with van der Waals surface area (Å²) in [7, 11) is 0. The molecule has 1 aromatic rings. The summed E-state index contributed by atoms with van der Waals surface area (Å²) in [6.45, 7) is 5.64. The van der Waals surface area contributed by atoms with Crippen LogP contribution in [0.2, 0.25) is 0 Å². The highest BCUT2D eigenvalue weighted by atomic mass is 16.3. The maximum absolute atomic E-state index is 10.5. The second kappa shape index (κ2) is 6.56. The first-order valence-corrected chi connectivity index (χ1v) is 9.29. The van der Waals surface area contributed by atoms with Crippen molar-refractivity contribution in [2.75, 3.05) is 0 Å². The van der Waals surface area contributed by atoms with Crippen molar-refractivity contribution in [3.8, 4) is 0 Å². The van der Waals surface area contributed by atoms with Crippen molar-refractivity contribution >= 4 is 35.0 Å². The summed E-state index contributed by atoms with van der Waals surface area (Å²) in [6, 6.07) is 1.90. The Morgan fingerprint density at radius 1 is 0.793 bits per heavy atom. The lowest BCUT2D eigenvalue weighted by molar-refractivity contribution is 0.505. The SMILES string of the molecule is C=C(C)C(O)=c1cc2[nH]c1=CC1=NC(=CC3=NC(=CC4=NC(=C2)C=C4)C=C3)C=C1. The van der Waals surface area contributed by atoms with Crippen LogP contribution in [-0.2, 0) is 0 Å². The molecule has 5 nitrogen and oxygen atoms in total. The quantitative estimate of drug-likeness (QED) is 0.774. The summed E-state index contributed by atoms with van der Waals surface area (Å²) >= 11 is 0. The number of nitrogens with zero attached hydrogens (tertiary/aromatic N) is 3. The van der Waals surface area contributed by atoms with Crippen LogP contribution in [0.3, 0.4) is 0 Å². The Bertz CT molecular complexity index is 1360. The molecular formula is C24H18N4O. The molecule has 140 valence electrons. The molecule has 0 atom stereocenters. The van der Waals surface area contributed by atoms with Gasteiger partial charge in [-0.1, -0.05) is 6.58 Å². The van der Waals surface area contributed by atoms with Gasteiger partial charge >= 0.3 is 0 Å². The number of aliphatic hydroxyl groups is 1. The van der Waals surface area contributed by atoms with E-state index in [2.05, 4.69) is 26.5 Å². The lowest BCUT2D eigenvalue weighted by Crippen LogP contribution is -2.26. The summed E-state index contributed by atoms with van der Waals surface area (Å²) < 4.78 is 0. The van der Waals surface area contributed by atoms with E-state index in [0.717, 1.165) is 45.3 Å². The van der Waals surface area contributed by atoms with Crippen LogP contribution < -0.4 is 10.6 Å². The number of aromatic nitrogens is 1. The van der Waals surface area contributed by atoms with Crippen molar-refractivity contribution in [2.24, 2.45) is 15.0 Å². The number of rotatable bonds is 1. The zero-order valence-electron chi connectivity index (χ0n) is 15.8. The number of aliphatic imine (C=N–C) groups is 3. The first-order chi connectivity index (χ1) is 14.0. The maximum Gasteiger partial charge on any atom is 0.127 e. The van der Waals surface area contributed by atoms with E-state index in [0.29, 0.717) is 10.8 Å². The van der Waals surface area contributed by atoms with Gasteiger partial charge in [-0.05, 0) is 79.3 Å². The Labute approximate surface area is 167 Å². The van der Waals surface area contributed by atoms with Crippen LogP contribution in [0.4, 0.5) is 0 Å². The van der Waals surface area contributed by atoms with Crippen molar-refractivity contribution in [3.63, 3.8) is 0 Å². The van der Waals surface area contributed by atoms with Crippen molar-refractivity contribution in [3.05, 3.63) is 100 Å². The van der Waals surface area contributed by atoms with Gasteiger partial charge in [0.2, 0.25) is 0 Å². The highest BCUT2D eigenvalue weighted by Gasteiger charge is 2.10. The summed E-state index contributed by atoms with van der Waals surface area (Å²) in [4.78, 5) is 17.2. The van der Waals surface area contributed by atoms with E-state index in [-0.39, 0.29) is 5.76 Å². The molecule has 5 heteroatoms. The molecule has 2 N–H and O–H groups in total. The molecule has 5 heterocycles. The Morgan fingerprint density at radius 3 is 1.86 bits per heavy atom. The number of aliphatic hydroxyl groups excluding tert-OH is 1. The fourth-order valence-corrected chi connectivity index (χ4v) is 3.39. The molecule has 8 bridgehead atoms. The topological polar surface area (TPSA) is 73.1 Å². The average molecular weight is 378 g/mol. The zero-order chi connectivity index (χ0) is 20.0. The Balaban J connectivity index is 1.76. The van der Waals surface area contributed by atoms with Gasteiger partial charge in [-0.25, -0.2) is 15.0 Å². The van der Waals surface area contributed by atoms with Gasteiger partial charge in [0.25, 0.3) is 0 Å². The van der Waals surface area contributed by atoms with Crippen LogP contribution in [-0.4, -0.2) is 27.2 Å². The second-order valence-corrected chi connectivity index (χ2v) is 7.14. The van der Waals surface area contributed by atoms with Crippen LogP contribution in [0.25, 0.3) is 17.9 Å². The van der Waals surface area contributed by atoms with Gasteiger partial charge in [0, 0.05) is 10.9 Å². The molecule has 0 amide bonds. The summed E-state index contributed by atoms with van der Waals surface area (Å²) in [5.74, 6) is 0.154. The van der Waals surface area contributed by atoms with Gasteiger partial charge in [-0.3, -0.25) is 0 Å². The van der Waals surface area contributed by atoms with E-state index in [9.17, 15) is 5.11 Å². The van der Waals surface area contributed by atoms with E-state index < -0.39 is 0 Å². The Hall–Kier alpha value is -3.99. The zero-order valence-corrected chi connectivity index (χ0v) is 15.8. The number of allylic oxidation sites excluding steroid dienone is 8. The minimum atomic E-state index is 0.154. The molecule has 0 aromatic carbocycles. The van der Waals surface area contributed by atoms with Gasteiger partial charge in [-0.2, -0.15) is 0 Å². The maximum atomic E-state index is 10.5. The summed E-state index contributed by atoms with van der Waals surface area (Å²) in [6.07, 6.45) is 19.5. The molecule has 29 heavy (non-hydrogen) atoms. The number of nitrogens with one attached hydrogen (secondary N) is 1. The first-order valence-electron chi connectivity index (χ1n) is 9.29. The van der Waals surface area contributed by atoms with Gasteiger partial charge in [0.1, 0.15) is 5.76 Å². The van der Waals surface area contributed by atoms with Crippen LogP contribution in [0.1, 0.15) is 12.6 Å². The number of fused-ring (bicyclic) bond motifs is 5. The average Bonchev–Trinajstić information content (AvgIpc) is 3.45. The highest BCUT2D eigenvalue weighted by Crippen LogP contribution is 2.18. The molecule has 1 aromatic heterocycles. The highest BCUT2D eigenvalue weighted by molar-refractivity contribution is 6.20. The molecule has 5 rings (SSSR count). The largest absolute Gasteiger partial charge is 0.507 e. The lowest BCUT2D eigenvalue weighted by atomic mass is 10.2. The molecule has 0 aliphatic carbocycles. The van der Waals surface area contributed by atoms with Gasteiger partial charge < -0.3 is 10.1 Å². The number of hydrogen-bond acceptors (Lipinski definition) is 4. The Morgan fingerprint density at radius 2 is 1.31 bits per heavy atom. The minimum Gasteiger partial charge on any atom is -0.507 e. The van der Waals surface area contributed by atoms with Gasteiger partial charge in [0.05, 0.1) is 39.6 Å². The third-order valence-corrected chi connectivity index (χ3v) is 4.76. The number of aromatic amines is 1. The van der Waals surface area contributed by atoms with E-state index in [4.69, 9.17) is 0 Å². The fourth-order valence-electron chi connectivity index (χ4n) is 3.39. The number of hydrogen-bond donors (Lipinski definition) is 2. The van der Waals surface area contributed by atoms with E-state index in [1.165, 1.54) is 0 Å². The van der Waals surface area contributed by atoms with Crippen LogP contribution >= 0.6 is 0 Å². The predicted molar refractivity (Wildman–Crippen MR) is 119 cm³/mol. The Kier molecular flexibility index (Phi) is 3.88. The normalized spacial score (nSPS) is 19.8. The molecule has 0 radical (unpaired) electrons. The standard InChI is InChI=1S/C24H18N4O/c1-14(2)24(29)22-12-21-11-19-6-5-17(26-19)9-15-3-4-16(25-15)10-18-7-8-20(27-18)13-23(22)28-21/h3-13,28-29H,1H2,2H3. The minimum absolute atomic E-state index is 0.154. The van der Waals surface area contributed by atoms with Crippen molar-refractivity contribution in [1.82, 2.24) is 4.98 Å². The van der Waals surface area contributed by atoms with Gasteiger partial charge in [-0.15, -0.1) is 0 Å². The number of H-pyrrole nitrogens is 1. The molecule has 0 spiro atoms. The molecule has 0 fully saturated rings. The molecule has 0 saturated carbocycles. The van der Waals surface area contributed by atoms with Crippen LogP contribution in [0.5, 0.6) is 0 Å². The molecule has 4 aliphatic heterocycles. The van der Waals surface area contributed by atoms with Crippen molar-refractivity contribution in [1.29, 1.82) is 0 Å². The molecular weight excluding hydrogens is 360 g/mol.